The lowest BCUT2D eigenvalue weighted by Gasteiger charge is -2.33. The second-order valence-electron chi connectivity index (χ2n) is 10.5. The molecular weight excluding hydrogens is 452 g/mol. The third kappa shape index (κ3) is 6.05. The minimum atomic E-state index is -0.786. The van der Waals surface area contributed by atoms with Gasteiger partial charge in [0.2, 0.25) is 5.88 Å². The van der Waals surface area contributed by atoms with Gasteiger partial charge in [0.05, 0.1) is 7.11 Å². The Morgan fingerprint density at radius 1 is 1.17 bits per heavy atom. The van der Waals surface area contributed by atoms with Gasteiger partial charge in [0.25, 0.3) is 0 Å². The Balaban J connectivity index is 1.65. The first kappa shape index (κ1) is 25.7. The number of carboxylic acids is 1. The van der Waals surface area contributed by atoms with Crippen LogP contribution < -0.4 is 9.47 Å². The Kier molecular flexibility index (Phi) is 7.65. The molecule has 2 aromatic carbocycles. The summed E-state index contributed by atoms with van der Waals surface area (Å²) in [6.07, 6.45) is 4.19. The van der Waals surface area contributed by atoms with Crippen LogP contribution in [0.4, 0.5) is 0 Å². The number of ether oxygens (including phenoxy) is 2. The number of hydrogen-bond donors (Lipinski definition) is 1. The zero-order chi connectivity index (χ0) is 25.9. The molecule has 1 unspecified atom stereocenters. The van der Waals surface area contributed by atoms with Crippen LogP contribution in [0, 0.1) is 0 Å². The van der Waals surface area contributed by atoms with Crippen molar-refractivity contribution in [2.75, 3.05) is 14.2 Å². The van der Waals surface area contributed by atoms with E-state index in [0.717, 1.165) is 47.4 Å². The van der Waals surface area contributed by atoms with E-state index in [9.17, 15) is 4.79 Å². The van der Waals surface area contributed by atoms with Crippen LogP contribution in [0.15, 0.2) is 54.7 Å². The molecule has 0 aliphatic carbocycles. The molecule has 190 valence electrons. The van der Waals surface area contributed by atoms with E-state index < -0.39 is 5.97 Å². The van der Waals surface area contributed by atoms with E-state index in [2.05, 4.69) is 62.0 Å². The first-order chi connectivity index (χ1) is 17.1. The fourth-order valence-electron chi connectivity index (χ4n) is 4.46. The van der Waals surface area contributed by atoms with E-state index in [4.69, 9.17) is 14.6 Å². The van der Waals surface area contributed by atoms with Gasteiger partial charge in [-0.3, -0.25) is 9.69 Å². The summed E-state index contributed by atoms with van der Waals surface area (Å²) in [5.74, 6) is 0.675. The Labute approximate surface area is 213 Å². The number of aliphatic carboxylic acids is 1. The monoisotopic (exact) mass is 488 g/mol. The number of fused-ring (bicyclic) bond motifs is 1. The van der Waals surface area contributed by atoms with Crippen molar-refractivity contribution in [3.05, 3.63) is 77.0 Å². The van der Waals surface area contributed by atoms with Gasteiger partial charge in [0.15, 0.2) is 0 Å². The third-order valence-electron chi connectivity index (χ3n) is 7.01. The van der Waals surface area contributed by atoms with Crippen LogP contribution in [-0.2, 0) is 24.2 Å². The average Bonchev–Trinajstić information content (AvgIpc) is 2.86. The van der Waals surface area contributed by atoms with Gasteiger partial charge in [0.1, 0.15) is 11.9 Å². The Hall–Kier alpha value is -3.38. The molecule has 6 heteroatoms. The van der Waals surface area contributed by atoms with Crippen molar-refractivity contribution in [3.8, 4) is 22.8 Å². The third-order valence-corrected chi connectivity index (χ3v) is 7.01. The second kappa shape index (κ2) is 10.7. The summed E-state index contributed by atoms with van der Waals surface area (Å²) in [6.45, 7) is 7.44. The molecule has 6 nitrogen and oxygen atoms in total. The fourth-order valence-corrected chi connectivity index (χ4v) is 4.46. The van der Waals surface area contributed by atoms with Gasteiger partial charge < -0.3 is 14.6 Å². The summed E-state index contributed by atoms with van der Waals surface area (Å²) in [5.41, 5.74) is 6.80. The minimum Gasteiger partial charge on any atom is -0.485 e. The molecule has 3 aromatic rings. The number of carbonyl (C=O) groups is 1. The second-order valence-corrected chi connectivity index (χ2v) is 10.5. The van der Waals surface area contributed by atoms with Crippen molar-refractivity contribution in [1.29, 1.82) is 0 Å². The standard InChI is InChI=1S/C30H36N2O4/c1-30(2,3)32(4)19-24-17-23(9-11-25(24)22-14-15-31-28(18-22)35-5)26-12-10-21-8-6-20(7-13-29(33)34)16-27(21)36-26/h6,8-9,11,14-18,26H,7,10,12-13,19H2,1-5H3,(H,33,34). The Bertz CT molecular complexity index is 1230. The number of methoxy groups -OCH3 is 1. The van der Waals surface area contributed by atoms with E-state index in [1.54, 1.807) is 13.3 Å². The Morgan fingerprint density at radius 2 is 1.97 bits per heavy atom. The van der Waals surface area contributed by atoms with Gasteiger partial charge in [-0.15, -0.1) is 0 Å². The van der Waals surface area contributed by atoms with Gasteiger partial charge in [-0.05, 0) is 92.6 Å². The van der Waals surface area contributed by atoms with Crippen LogP contribution in [0.3, 0.4) is 0 Å². The maximum Gasteiger partial charge on any atom is 0.303 e. The van der Waals surface area contributed by atoms with Gasteiger partial charge in [-0.25, -0.2) is 4.98 Å². The van der Waals surface area contributed by atoms with Crippen LogP contribution in [0.5, 0.6) is 11.6 Å². The molecule has 0 saturated heterocycles. The van der Waals surface area contributed by atoms with E-state index in [0.29, 0.717) is 12.3 Å². The van der Waals surface area contributed by atoms with E-state index >= 15 is 0 Å². The number of aromatic nitrogens is 1. The average molecular weight is 489 g/mol. The first-order valence-corrected chi connectivity index (χ1v) is 12.5. The maximum absolute atomic E-state index is 11.0. The van der Waals surface area contributed by atoms with Crippen molar-refractivity contribution < 1.29 is 19.4 Å². The van der Waals surface area contributed by atoms with Crippen molar-refractivity contribution in [3.63, 3.8) is 0 Å². The number of hydrogen-bond acceptors (Lipinski definition) is 5. The molecule has 1 atom stereocenters. The van der Waals surface area contributed by atoms with Crippen LogP contribution >= 0.6 is 0 Å². The minimum absolute atomic E-state index is 0.0237. The summed E-state index contributed by atoms with van der Waals surface area (Å²) < 4.78 is 11.9. The molecule has 0 fully saturated rings. The molecule has 36 heavy (non-hydrogen) atoms. The number of benzene rings is 2. The number of rotatable bonds is 8. The highest BCUT2D eigenvalue weighted by molar-refractivity contribution is 5.69. The summed E-state index contributed by atoms with van der Waals surface area (Å²) in [4.78, 5) is 17.6. The molecule has 0 saturated carbocycles. The number of aryl methyl sites for hydroxylation is 2. The molecule has 0 spiro atoms. The highest BCUT2D eigenvalue weighted by Gasteiger charge is 2.24. The highest BCUT2D eigenvalue weighted by atomic mass is 16.5. The molecule has 1 aliphatic heterocycles. The van der Waals surface area contributed by atoms with Crippen molar-refractivity contribution in [2.45, 2.75) is 64.6 Å². The van der Waals surface area contributed by atoms with Crippen LogP contribution in [0.2, 0.25) is 0 Å². The first-order valence-electron chi connectivity index (χ1n) is 12.5. The zero-order valence-corrected chi connectivity index (χ0v) is 21.9. The topological polar surface area (TPSA) is 71.9 Å². The zero-order valence-electron chi connectivity index (χ0n) is 21.9. The number of carboxylic acid groups (broad SMARTS) is 1. The molecule has 2 heterocycles. The molecule has 1 N–H and O–H groups in total. The predicted molar refractivity (Wildman–Crippen MR) is 142 cm³/mol. The van der Waals surface area contributed by atoms with Crippen LogP contribution in [0.1, 0.15) is 62.0 Å². The van der Waals surface area contributed by atoms with E-state index in [-0.39, 0.29) is 18.1 Å². The quantitative estimate of drug-likeness (QED) is 0.415. The lowest BCUT2D eigenvalue weighted by Crippen LogP contribution is -2.37. The van der Waals surface area contributed by atoms with Gasteiger partial charge in [-0.2, -0.15) is 0 Å². The van der Waals surface area contributed by atoms with Gasteiger partial charge in [0, 0.05) is 30.8 Å². The van der Waals surface area contributed by atoms with Crippen LogP contribution in [0.25, 0.3) is 11.1 Å². The highest BCUT2D eigenvalue weighted by Crippen LogP contribution is 2.38. The molecule has 0 radical (unpaired) electrons. The van der Waals surface area contributed by atoms with Gasteiger partial charge >= 0.3 is 5.97 Å². The van der Waals surface area contributed by atoms with Crippen molar-refractivity contribution >= 4 is 5.97 Å². The molecule has 1 aliphatic rings. The number of nitrogens with zero attached hydrogens (tertiary/aromatic N) is 2. The predicted octanol–water partition coefficient (Wildman–Crippen LogP) is 6.07. The van der Waals surface area contributed by atoms with E-state index in [1.807, 2.05) is 24.3 Å². The number of pyridine rings is 1. The summed E-state index contributed by atoms with van der Waals surface area (Å²) >= 11 is 0. The Morgan fingerprint density at radius 3 is 2.69 bits per heavy atom. The normalized spacial score (nSPS) is 15.3. The molecule has 1 aromatic heterocycles. The lowest BCUT2D eigenvalue weighted by molar-refractivity contribution is -0.136. The molecule has 4 rings (SSSR count). The fraction of sp³-hybridized carbons (Fsp3) is 0.400. The lowest BCUT2D eigenvalue weighted by atomic mass is 9.91. The molecule has 0 bridgehead atoms. The maximum atomic E-state index is 11.0. The van der Waals surface area contributed by atoms with Gasteiger partial charge in [-0.1, -0.05) is 30.3 Å². The van der Waals surface area contributed by atoms with E-state index in [1.165, 1.54) is 11.1 Å². The summed E-state index contributed by atoms with van der Waals surface area (Å²) in [5, 5.41) is 9.03. The summed E-state index contributed by atoms with van der Waals surface area (Å²) in [7, 11) is 3.78. The largest absolute Gasteiger partial charge is 0.485 e. The summed E-state index contributed by atoms with van der Waals surface area (Å²) in [6, 6.07) is 16.7. The van der Waals surface area contributed by atoms with Crippen LogP contribution in [-0.4, -0.2) is 40.7 Å². The SMILES string of the molecule is COc1cc(-c2ccc(C3CCc4ccc(CCC(=O)O)cc4O3)cc2CN(C)C(C)(C)C)ccn1. The van der Waals surface area contributed by atoms with Crippen molar-refractivity contribution in [2.24, 2.45) is 0 Å². The molecular formula is C30H36N2O4. The molecule has 0 amide bonds. The van der Waals surface area contributed by atoms with Crippen molar-refractivity contribution in [1.82, 2.24) is 9.88 Å². The smallest absolute Gasteiger partial charge is 0.303 e.